The van der Waals surface area contributed by atoms with Crippen LogP contribution in [-0.4, -0.2) is 49.3 Å². The van der Waals surface area contributed by atoms with Crippen LogP contribution in [0.15, 0.2) is 12.4 Å². The van der Waals surface area contributed by atoms with Gasteiger partial charge in [-0.2, -0.15) is 14.6 Å². The van der Waals surface area contributed by atoms with Gasteiger partial charge in [-0.15, -0.1) is 0 Å². The topological polar surface area (TPSA) is 72.6 Å². The number of aromatic nitrogens is 4. The van der Waals surface area contributed by atoms with Crippen molar-refractivity contribution in [2.24, 2.45) is 0 Å². The number of nitrogens with zero attached hydrogens (tertiary/aromatic N) is 5. The molecule has 0 bridgehead atoms. The second kappa shape index (κ2) is 6.53. The Morgan fingerprint density at radius 2 is 2.16 bits per heavy atom. The zero-order valence-electron chi connectivity index (χ0n) is 14.4. The molecule has 1 fully saturated rings. The number of hydrogen-bond acceptors (Lipinski definition) is 5. The second-order valence-corrected chi connectivity index (χ2v) is 7.14. The number of fused-ring (bicyclic) bond motifs is 1. The van der Waals surface area contributed by atoms with E-state index in [1.165, 1.54) is 12.4 Å². The monoisotopic (exact) mass is 353 g/mol. The van der Waals surface area contributed by atoms with Gasteiger partial charge in [-0.3, -0.25) is 0 Å². The maximum Gasteiger partial charge on any atom is 0.410 e. The first-order valence-electron chi connectivity index (χ1n) is 8.21. The number of rotatable bonds is 2. The molecule has 136 valence electrons. The largest absolute Gasteiger partial charge is 0.444 e. The zero-order valence-corrected chi connectivity index (χ0v) is 14.4. The Labute approximate surface area is 144 Å². The van der Waals surface area contributed by atoms with E-state index in [0.29, 0.717) is 18.8 Å². The van der Waals surface area contributed by atoms with Crippen molar-refractivity contribution in [3.8, 4) is 0 Å². The van der Waals surface area contributed by atoms with E-state index in [-0.39, 0.29) is 17.4 Å². The average Bonchev–Trinajstić information content (AvgIpc) is 3.00. The van der Waals surface area contributed by atoms with E-state index in [4.69, 9.17) is 4.74 Å². The van der Waals surface area contributed by atoms with Gasteiger partial charge in [-0.25, -0.2) is 18.6 Å². The van der Waals surface area contributed by atoms with Crippen molar-refractivity contribution >= 4 is 11.9 Å². The second-order valence-electron chi connectivity index (χ2n) is 7.14. The predicted octanol–water partition coefficient (Wildman–Crippen LogP) is 3.18. The van der Waals surface area contributed by atoms with Gasteiger partial charge in [0.2, 0.25) is 0 Å². The van der Waals surface area contributed by atoms with E-state index in [1.54, 1.807) is 4.90 Å². The lowest BCUT2D eigenvalue weighted by Gasteiger charge is -2.34. The SMILES string of the molecule is CC(C)(C)OC(=O)N1CCCC(c2cc(C(F)F)n3ncnc3n2)C1. The number of piperidine rings is 1. The molecule has 1 amide bonds. The molecule has 0 aromatic carbocycles. The number of amides is 1. The van der Waals surface area contributed by atoms with Crippen LogP contribution in [0.4, 0.5) is 13.6 Å². The van der Waals surface area contributed by atoms with Crippen molar-refractivity contribution in [1.82, 2.24) is 24.5 Å². The molecule has 2 aromatic rings. The van der Waals surface area contributed by atoms with Crippen LogP contribution in [0, 0.1) is 0 Å². The summed E-state index contributed by atoms with van der Waals surface area (Å²) in [5.41, 5.74) is -0.318. The van der Waals surface area contributed by atoms with Crippen molar-refractivity contribution in [2.45, 2.75) is 51.6 Å². The number of carbonyl (C=O) groups is 1. The van der Waals surface area contributed by atoms with Crippen LogP contribution in [0.2, 0.25) is 0 Å². The van der Waals surface area contributed by atoms with Crippen LogP contribution in [0.25, 0.3) is 5.78 Å². The first-order chi connectivity index (χ1) is 11.7. The minimum absolute atomic E-state index is 0.138. The average molecular weight is 353 g/mol. The molecule has 25 heavy (non-hydrogen) atoms. The Bertz CT molecular complexity index is 771. The summed E-state index contributed by atoms with van der Waals surface area (Å²) in [4.78, 5) is 22.2. The Balaban J connectivity index is 1.84. The fourth-order valence-electron chi connectivity index (χ4n) is 2.93. The smallest absolute Gasteiger partial charge is 0.410 e. The summed E-state index contributed by atoms with van der Waals surface area (Å²) < 4.78 is 33.1. The lowest BCUT2D eigenvalue weighted by molar-refractivity contribution is 0.0197. The first-order valence-corrected chi connectivity index (χ1v) is 8.21. The Kier molecular flexibility index (Phi) is 4.57. The molecular formula is C16H21F2N5O2. The third-order valence-electron chi connectivity index (χ3n) is 4.01. The maximum absolute atomic E-state index is 13.3. The van der Waals surface area contributed by atoms with Gasteiger partial charge in [-0.1, -0.05) is 0 Å². The molecule has 1 saturated heterocycles. The molecule has 0 aliphatic carbocycles. The number of hydrogen-bond donors (Lipinski definition) is 0. The van der Waals surface area contributed by atoms with Gasteiger partial charge in [0, 0.05) is 19.0 Å². The highest BCUT2D eigenvalue weighted by molar-refractivity contribution is 5.68. The van der Waals surface area contributed by atoms with E-state index in [1.807, 2.05) is 20.8 Å². The molecule has 3 heterocycles. The summed E-state index contributed by atoms with van der Waals surface area (Å²) in [6, 6.07) is 1.36. The lowest BCUT2D eigenvalue weighted by Crippen LogP contribution is -2.42. The summed E-state index contributed by atoms with van der Waals surface area (Å²) >= 11 is 0. The fraction of sp³-hybridized carbons (Fsp3) is 0.625. The number of likely N-dealkylation sites (tertiary alicyclic amines) is 1. The van der Waals surface area contributed by atoms with Gasteiger partial charge in [0.15, 0.2) is 0 Å². The van der Waals surface area contributed by atoms with Crippen molar-refractivity contribution in [1.29, 1.82) is 0 Å². The van der Waals surface area contributed by atoms with Gasteiger partial charge < -0.3 is 9.64 Å². The highest BCUT2D eigenvalue weighted by Gasteiger charge is 2.30. The molecule has 0 saturated carbocycles. The Hall–Kier alpha value is -2.32. The Morgan fingerprint density at radius 3 is 2.84 bits per heavy atom. The lowest BCUT2D eigenvalue weighted by atomic mass is 9.94. The van der Waals surface area contributed by atoms with Crippen LogP contribution in [-0.2, 0) is 4.74 Å². The number of ether oxygens (including phenoxy) is 1. The van der Waals surface area contributed by atoms with Crippen molar-refractivity contribution < 1.29 is 18.3 Å². The first kappa shape index (κ1) is 17.5. The molecule has 0 spiro atoms. The molecule has 2 aromatic heterocycles. The number of halogens is 2. The van der Waals surface area contributed by atoms with Gasteiger partial charge >= 0.3 is 6.09 Å². The maximum atomic E-state index is 13.3. The highest BCUT2D eigenvalue weighted by atomic mass is 19.3. The van der Waals surface area contributed by atoms with Gasteiger partial charge in [-0.05, 0) is 39.7 Å². The molecule has 9 heteroatoms. The molecule has 1 unspecified atom stereocenters. The molecule has 7 nitrogen and oxygen atoms in total. The van der Waals surface area contributed by atoms with Crippen LogP contribution in [0.3, 0.4) is 0 Å². The normalized spacial score (nSPS) is 18.8. The number of alkyl halides is 2. The number of carbonyl (C=O) groups excluding carboxylic acids is 1. The highest BCUT2D eigenvalue weighted by Crippen LogP contribution is 2.29. The predicted molar refractivity (Wildman–Crippen MR) is 85.5 cm³/mol. The van der Waals surface area contributed by atoms with Crippen LogP contribution in [0.5, 0.6) is 0 Å². The van der Waals surface area contributed by atoms with Crippen LogP contribution < -0.4 is 0 Å². The molecule has 3 rings (SSSR count). The summed E-state index contributed by atoms with van der Waals surface area (Å²) in [5.74, 6) is 0.00246. The molecule has 0 radical (unpaired) electrons. The third kappa shape index (κ3) is 3.85. The van der Waals surface area contributed by atoms with Gasteiger partial charge in [0.1, 0.15) is 17.6 Å². The van der Waals surface area contributed by atoms with E-state index >= 15 is 0 Å². The third-order valence-corrected chi connectivity index (χ3v) is 4.01. The van der Waals surface area contributed by atoms with Gasteiger partial charge in [0.05, 0.1) is 5.69 Å². The van der Waals surface area contributed by atoms with E-state index in [2.05, 4.69) is 15.1 Å². The molecular weight excluding hydrogens is 332 g/mol. The quantitative estimate of drug-likeness (QED) is 0.829. The Morgan fingerprint density at radius 1 is 1.40 bits per heavy atom. The molecule has 1 atom stereocenters. The minimum Gasteiger partial charge on any atom is -0.444 e. The van der Waals surface area contributed by atoms with E-state index < -0.39 is 18.1 Å². The van der Waals surface area contributed by atoms with E-state index in [0.717, 1.165) is 17.4 Å². The van der Waals surface area contributed by atoms with Crippen molar-refractivity contribution in [3.05, 3.63) is 23.8 Å². The van der Waals surface area contributed by atoms with Crippen LogP contribution >= 0.6 is 0 Å². The summed E-state index contributed by atoms with van der Waals surface area (Å²) in [6.07, 6.45) is -0.357. The van der Waals surface area contributed by atoms with Crippen molar-refractivity contribution in [3.63, 3.8) is 0 Å². The van der Waals surface area contributed by atoms with E-state index in [9.17, 15) is 13.6 Å². The molecule has 1 aliphatic heterocycles. The minimum atomic E-state index is -2.68. The molecule has 1 aliphatic rings. The standard InChI is InChI=1S/C16H21F2N5O2/c1-16(2,3)25-15(24)22-6-4-5-10(8-22)11-7-12(13(17)18)23-14(21-11)19-9-20-23/h7,9-10,13H,4-6,8H2,1-3H3. The molecule has 0 N–H and O–H groups in total. The zero-order chi connectivity index (χ0) is 18.2. The van der Waals surface area contributed by atoms with Crippen molar-refractivity contribution in [2.75, 3.05) is 13.1 Å². The fourth-order valence-corrected chi connectivity index (χ4v) is 2.93. The summed E-state index contributed by atoms with van der Waals surface area (Å²) in [7, 11) is 0. The summed E-state index contributed by atoms with van der Waals surface area (Å²) in [5, 5.41) is 3.79. The van der Waals surface area contributed by atoms with Crippen LogP contribution in [0.1, 0.15) is 57.3 Å². The summed E-state index contributed by atoms with van der Waals surface area (Å²) in [6.45, 7) is 6.39. The van der Waals surface area contributed by atoms with Gasteiger partial charge in [0.25, 0.3) is 12.2 Å².